The van der Waals surface area contributed by atoms with Crippen LogP contribution >= 0.6 is 0 Å². The van der Waals surface area contributed by atoms with Gasteiger partial charge >= 0.3 is 0 Å². The monoisotopic (exact) mass is 306 g/mol. The molecule has 1 saturated heterocycles. The first kappa shape index (κ1) is 15.1. The summed E-state index contributed by atoms with van der Waals surface area (Å²) in [6.45, 7) is 4.37. The number of benzene rings is 1. The average molecular weight is 306 g/mol. The minimum absolute atomic E-state index is 0.0167. The molecular formula is C16H22N2O4. The molecule has 0 bridgehead atoms. The van der Waals surface area contributed by atoms with Crippen molar-refractivity contribution in [3.05, 3.63) is 23.8 Å². The minimum atomic E-state index is -0.362. The molecule has 120 valence electrons. The lowest BCUT2D eigenvalue weighted by molar-refractivity contribution is -0.131. The van der Waals surface area contributed by atoms with E-state index in [1.54, 1.807) is 0 Å². The summed E-state index contributed by atoms with van der Waals surface area (Å²) in [7, 11) is 3.78. The van der Waals surface area contributed by atoms with Crippen LogP contribution in [0.2, 0.25) is 0 Å². The number of rotatable bonds is 5. The molecule has 0 aromatic heterocycles. The van der Waals surface area contributed by atoms with E-state index in [2.05, 4.69) is 12.2 Å². The van der Waals surface area contributed by atoms with E-state index in [-0.39, 0.29) is 24.2 Å². The first-order valence-electron chi connectivity index (χ1n) is 7.40. The van der Waals surface area contributed by atoms with Gasteiger partial charge in [0.05, 0.1) is 13.2 Å². The van der Waals surface area contributed by atoms with Gasteiger partial charge in [-0.1, -0.05) is 13.0 Å². The molecule has 1 aromatic carbocycles. The first-order valence-corrected chi connectivity index (χ1v) is 7.40. The molecule has 0 unspecified atom stereocenters. The van der Waals surface area contributed by atoms with Crippen LogP contribution in [0.15, 0.2) is 18.2 Å². The van der Waals surface area contributed by atoms with Crippen molar-refractivity contribution in [3.8, 4) is 11.5 Å². The Bertz CT molecular complexity index is 569. The Balaban J connectivity index is 1.73. The molecule has 0 aliphatic carbocycles. The quantitative estimate of drug-likeness (QED) is 0.885. The molecule has 1 fully saturated rings. The molecule has 22 heavy (non-hydrogen) atoms. The summed E-state index contributed by atoms with van der Waals surface area (Å²) >= 11 is 0. The van der Waals surface area contributed by atoms with Crippen molar-refractivity contribution in [2.24, 2.45) is 5.41 Å². The third-order valence-corrected chi connectivity index (χ3v) is 4.07. The van der Waals surface area contributed by atoms with Crippen LogP contribution in [-0.4, -0.2) is 51.5 Å². The fraction of sp³-hybridized carbons (Fsp3) is 0.562. The van der Waals surface area contributed by atoms with Crippen molar-refractivity contribution in [2.75, 3.05) is 40.6 Å². The van der Waals surface area contributed by atoms with E-state index in [9.17, 15) is 4.79 Å². The lowest BCUT2D eigenvalue weighted by Crippen LogP contribution is -2.50. The SMILES string of the molecule is CN(C)[C@H](C(=O)NCC1(C)COC1)c1ccc2c(c1)OCO2. The van der Waals surface area contributed by atoms with Crippen LogP contribution in [-0.2, 0) is 9.53 Å². The minimum Gasteiger partial charge on any atom is -0.454 e. The number of carbonyl (C=O) groups is 1. The van der Waals surface area contributed by atoms with Gasteiger partial charge in [0.25, 0.3) is 0 Å². The van der Waals surface area contributed by atoms with Crippen molar-refractivity contribution < 1.29 is 19.0 Å². The van der Waals surface area contributed by atoms with Crippen molar-refractivity contribution in [3.63, 3.8) is 0 Å². The van der Waals surface area contributed by atoms with Crippen LogP contribution in [0.1, 0.15) is 18.5 Å². The van der Waals surface area contributed by atoms with Gasteiger partial charge in [0.2, 0.25) is 12.7 Å². The highest BCUT2D eigenvalue weighted by Crippen LogP contribution is 2.35. The summed E-state index contributed by atoms with van der Waals surface area (Å²) in [6.07, 6.45) is 0. The average Bonchev–Trinajstić information content (AvgIpc) is 2.90. The lowest BCUT2D eigenvalue weighted by Gasteiger charge is -2.38. The van der Waals surface area contributed by atoms with E-state index in [0.29, 0.717) is 25.5 Å². The van der Waals surface area contributed by atoms with Crippen LogP contribution in [0.4, 0.5) is 0 Å². The van der Waals surface area contributed by atoms with Gasteiger partial charge in [-0.3, -0.25) is 9.69 Å². The lowest BCUT2D eigenvalue weighted by atomic mass is 9.88. The van der Waals surface area contributed by atoms with Crippen LogP contribution in [0, 0.1) is 5.41 Å². The molecular weight excluding hydrogens is 284 g/mol. The maximum Gasteiger partial charge on any atom is 0.241 e. The number of nitrogens with one attached hydrogen (secondary N) is 1. The van der Waals surface area contributed by atoms with Crippen LogP contribution in [0.5, 0.6) is 11.5 Å². The molecule has 1 aromatic rings. The molecule has 0 saturated carbocycles. The van der Waals surface area contributed by atoms with Gasteiger partial charge in [0.15, 0.2) is 11.5 Å². The van der Waals surface area contributed by atoms with Gasteiger partial charge in [-0.05, 0) is 31.8 Å². The van der Waals surface area contributed by atoms with Crippen LogP contribution in [0.25, 0.3) is 0 Å². The number of hydrogen-bond donors (Lipinski definition) is 1. The highest BCUT2D eigenvalue weighted by atomic mass is 16.7. The Morgan fingerprint density at radius 1 is 1.32 bits per heavy atom. The number of likely N-dealkylation sites (N-methyl/N-ethyl adjacent to an activating group) is 1. The normalized spacial score (nSPS) is 19.6. The van der Waals surface area contributed by atoms with E-state index in [4.69, 9.17) is 14.2 Å². The molecule has 6 nitrogen and oxygen atoms in total. The number of nitrogens with zero attached hydrogens (tertiary/aromatic N) is 1. The second-order valence-corrected chi connectivity index (χ2v) is 6.50. The van der Waals surface area contributed by atoms with Crippen molar-refractivity contribution in [1.29, 1.82) is 0 Å². The topological polar surface area (TPSA) is 60.0 Å². The maximum atomic E-state index is 12.6. The summed E-state index contributed by atoms with van der Waals surface area (Å²) in [6, 6.07) is 5.27. The highest BCUT2D eigenvalue weighted by molar-refractivity contribution is 5.83. The molecule has 0 radical (unpaired) electrons. The van der Waals surface area contributed by atoms with Crippen molar-refractivity contribution in [1.82, 2.24) is 10.2 Å². The number of fused-ring (bicyclic) bond motifs is 1. The van der Waals surface area contributed by atoms with E-state index < -0.39 is 0 Å². The molecule has 1 N–H and O–H groups in total. The van der Waals surface area contributed by atoms with Crippen LogP contribution in [0.3, 0.4) is 0 Å². The van der Waals surface area contributed by atoms with Crippen molar-refractivity contribution >= 4 is 5.91 Å². The first-order chi connectivity index (χ1) is 10.5. The zero-order valence-corrected chi connectivity index (χ0v) is 13.2. The molecule has 3 rings (SSSR count). The maximum absolute atomic E-state index is 12.6. The Labute approximate surface area is 130 Å². The Morgan fingerprint density at radius 2 is 2.05 bits per heavy atom. The predicted molar refractivity (Wildman–Crippen MR) is 80.9 cm³/mol. The van der Waals surface area contributed by atoms with Gasteiger partial charge in [0.1, 0.15) is 6.04 Å². The molecule has 6 heteroatoms. The fourth-order valence-electron chi connectivity index (χ4n) is 2.72. The summed E-state index contributed by atoms with van der Waals surface area (Å²) in [5.41, 5.74) is 0.947. The summed E-state index contributed by atoms with van der Waals surface area (Å²) in [5, 5.41) is 3.04. The Hall–Kier alpha value is -1.79. The molecule has 0 spiro atoms. The number of carbonyl (C=O) groups excluding carboxylic acids is 1. The predicted octanol–water partition coefficient (Wildman–Crippen LogP) is 1.17. The van der Waals surface area contributed by atoms with E-state index >= 15 is 0 Å². The van der Waals surface area contributed by atoms with Gasteiger partial charge in [-0.25, -0.2) is 0 Å². The third-order valence-electron chi connectivity index (χ3n) is 4.07. The van der Waals surface area contributed by atoms with Gasteiger partial charge in [-0.2, -0.15) is 0 Å². The van der Waals surface area contributed by atoms with Gasteiger partial charge < -0.3 is 19.5 Å². The summed E-state index contributed by atoms with van der Waals surface area (Å²) < 4.78 is 15.9. The van der Waals surface area contributed by atoms with Crippen molar-refractivity contribution in [2.45, 2.75) is 13.0 Å². The third kappa shape index (κ3) is 2.89. The second-order valence-electron chi connectivity index (χ2n) is 6.50. The number of amides is 1. The van der Waals surface area contributed by atoms with Crippen LogP contribution < -0.4 is 14.8 Å². The standard InChI is InChI=1S/C16H22N2O4/c1-16(8-20-9-16)7-17-15(19)14(18(2)3)11-4-5-12-13(6-11)22-10-21-12/h4-6,14H,7-10H2,1-3H3,(H,17,19)/t14-/m0/s1. The summed E-state index contributed by atoms with van der Waals surface area (Å²) in [5.74, 6) is 1.40. The smallest absolute Gasteiger partial charge is 0.241 e. The van der Waals surface area contributed by atoms with E-state index in [1.165, 1.54) is 0 Å². The Kier molecular flexibility index (Phi) is 3.97. The largest absolute Gasteiger partial charge is 0.454 e. The summed E-state index contributed by atoms with van der Waals surface area (Å²) in [4.78, 5) is 14.5. The number of ether oxygens (including phenoxy) is 3. The molecule has 2 heterocycles. The molecule has 2 aliphatic heterocycles. The fourth-order valence-corrected chi connectivity index (χ4v) is 2.72. The molecule has 1 amide bonds. The zero-order valence-electron chi connectivity index (χ0n) is 13.2. The van der Waals surface area contributed by atoms with E-state index in [0.717, 1.165) is 11.3 Å². The molecule has 2 aliphatic rings. The number of hydrogen-bond acceptors (Lipinski definition) is 5. The van der Waals surface area contributed by atoms with Gasteiger partial charge in [0, 0.05) is 12.0 Å². The van der Waals surface area contributed by atoms with Gasteiger partial charge in [-0.15, -0.1) is 0 Å². The highest BCUT2D eigenvalue weighted by Gasteiger charge is 2.35. The molecule has 1 atom stereocenters. The van der Waals surface area contributed by atoms with E-state index in [1.807, 2.05) is 37.2 Å². The Morgan fingerprint density at radius 3 is 2.68 bits per heavy atom. The second kappa shape index (κ2) is 5.78. The zero-order chi connectivity index (χ0) is 15.7.